The molecule has 1 N–H and O–H groups in total. The largest absolute Gasteiger partial charge is 1.00 e. The standard InChI is InChI=1S/C27H29BrNO.BrH/c28-25-13-11-22(12-14-25)21-29-18-15-26(16-19-29,17-20-29)27(30,23-7-3-1-4-8-23)24-9-5-2-6-10-24;/h1-14,30H,15-21H2;1H/q+1;/p-1. The molecule has 3 saturated heterocycles. The number of hydrogen-bond donors (Lipinski definition) is 1. The highest BCUT2D eigenvalue weighted by Gasteiger charge is 2.60. The summed E-state index contributed by atoms with van der Waals surface area (Å²) >= 11 is 3.55. The average Bonchev–Trinajstić information content (AvgIpc) is 2.82. The van der Waals surface area contributed by atoms with Crippen molar-refractivity contribution in [3.63, 3.8) is 0 Å². The molecule has 162 valence electrons. The van der Waals surface area contributed by atoms with Crippen molar-refractivity contribution in [1.29, 1.82) is 0 Å². The number of rotatable bonds is 5. The van der Waals surface area contributed by atoms with E-state index in [9.17, 15) is 5.11 Å². The third-order valence-corrected chi connectivity index (χ3v) is 8.30. The zero-order valence-electron chi connectivity index (χ0n) is 17.7. The van der Waals surface area contributed by atoms with E-state index in [2.05, 4.69) is 88.7 Å². The van der Waals surface area contributed by atoms with Gasteiger partial charge in [0.05, 0.1) is 19.6 Å². The highest BCUT2D eigenvalue weighted by molar-refractivity contribution is 9.10. The quantitative estimate of drug-likeness (QED) is 0.492. The third-order valence-electron chi connectivity index (χ3n) is 7.78. The zero-order valence-corrected chi connectivity index (χ0v) is 20.9. The molecule has 0 amide bonds. The molecule has 2 nitrogen and oxygen atoms in total. The SMILES string of the molecule is OC(c1ccccc1)(c1ccccc1)C12CC[N+](Cc3ccc(Br)cc3)(CC1)CC2.[Br-]. The Morgan fingerprint density at radius 3 is 1.65 bits per heavy atom. The van der Waals surface area contributed by atoms with Crippen molar-refractivity contribution in [3.8, 4) is 0 Å². The van der Waals surface area contributed by atoms with E-state index in [-0.39, 0.29) is 22.4 Å². The highest BCUT2D eigenvalue weighted by Crippen LogP contribution is 2.57. The minimum Gasteiger partial charge on any atom is -1.00 e. The van der Waals surface area contributed by atoms with Gasteiger partial charge in [0, 0.05) is 34.7 Å². The Labute approximate surface area is 204 Å². The molecule has 3 aromatic rings. The molecule has 0 saturated carbocycles. The van der Waals surface area contributed by atoms with Crippen LogP contribution in [-0.2, 0) is 12.1 Å². The second kappa shape index (κ2) is 8.82. The van der Waals surface area contributed by atoms with Crippen LogP contribution in [0.5, 0.6) is 0 Å². The normalized spacial score (nSPS) is 25.1. The van der Waals surface area contributed by atoms with Crippen LogP contribution in [0, 0.1) is 5.41 Å². The smallest absolute Gasteiger partial charge is 0.121 e. The van der Waals surface area contributed by atoms with Crippen molar-refractivity contribution < 1.29 is 26.6 Å². The fourth-order valence-corrected chi connectivity index (χ4v) is 6.22. The summed E-state index contributed by atoms with van der Waals surface area (Å²) in [6.07, 6.45) is 3.18. The molecule has 0 radical (unpaired) electrons. The maximum Gasteiger partial charge on any atom is 0.121 e. The Hall–Kier alpha value is -1.46. The van der Waals surface area contributed by atoms with Gasteiger partial charge in [-0.25, -0.2) is 0 Å². The third kappa shape index (κ3) is 3.93. The first-order valence-corrected chi connectivity index (χ1v) is 11.8. The molecule has 3 aromatic carbocycles. The summed E-state index contributed by atoms with van der Waals surface area (Å²) in [5, 5.41) is 12.4. The molecule has 31 heavy (non-hydrogen) atoms. The van der Waals surface area contributed by atoms with Crippen molar-refractivity contribution in [2.45, 2.75) is 31.4 Å². The summed E-state index contributed by atoms with van der Waals surface area (Å²) in [4.78, 5) is 0. The average molecular weight is 543 g/mol. The number of piperidine rings is 3. The maximum absolute atomic E-state index is 12.4. The van der Waals surface area contributed by atoms with Gasteiger partial charge in [-0.2, -0.15) is 0 Å². The van der Waals surface area contributed by atoms with Gasteiger partial charge in [-0.1, -0.05) is 88.7 Å². The van der Waals surface area contributed by atoms with Crippen LogP contribution >= 0.6 is 15.9 Å². The number of hydrogen-bond acceptors (Lipinski definition) is 1. The summed E-state index contributed by atoms with van der Waals surface area (Å²) in [5.41, 5.74) is 2.44. The van der Waals surface area contributed by atoms with Crippen LogP contribution in [0.1, 0.15) is 36.0 Å². The van der Waals surface area contributed by atoms with E-state index in [1.54, 1.807) is 0 Å². The number of fused-ring (bicyclic) bond motifs is 3. The Bertz CT molecular complexity index is 940. The van der Waals surface area contributed by atoms with Gasteiger partial charge in [0.15, 0.2) is 0 Å². The molecule has 2 bridgehead atoms. The molecule has 0 unspecified atom stereocenters. The summed E-state index contributed by atoms with van der Waals surface area (Å²) in [6, 6.07) is 29.5. The van der Waals surface area contributed by atoms with Crippen molar-refractivity contribution in [3.05, 3.63) is 106 Å². The minimum atomic E-state index is -0.941. The van der Waals surface area contributed by atoms with Gasteiger partial charge in [-0.05, 0) is 23.3 Å². The molecule has 6 rings (SSSR count). The first kappa shape index (κ1) is 22.7. The molecule has 3 aliphatic rings. The summed E-state index contributed by atoms with van der Waals surface area (Å²) in [5.74, 6) is 0. The lowest BCUT2D eigenvalue weighted by molar-refractivity contribution is -0.958. The lowest BCUT2D eigenvalue weighted by atomic mass is 9.56. The van der Waals surface area contributed by atoms with Crippen molar-refractivity contribution in [1.82, 2.24) is 0 Å². The Morgan fingerprint density at radius 1 is 0.742 bits per heavy atom. The van der Waals surface area contributed by atoms with Gasteiger partial charge in [-0.15, -0.1) is 0 Å². The van der Waals surface area contributed by atoms with Crippen LogP contribution in [0.2, 0.25) is 0 Å². The number of nitrogens with zero attached hydrogens (tertiary/aromatic N) is 1. The monoisotopic (exact) mass is 541 g/mol. The number of halogens is 2. The van der Waals surface area contributed by atoms with E-state index in [0.29, 0.717) is 0 Å². The van der Waals surface area contributed by atoms with E-state index in [1.807, 2.05) is 12.1 Å². The number of benzene rings is 3. The van der Waals surface area contributed by atoms with Crippen molar-refractivity contribution >= 4 is 15.9 Å². The molecule has 0 aliphatic carbocycles. The number of aliphatic hydroxyl groups is 1. The van der Waals surface area contributed by atoms with Crippen LogP contribution < -0.4 is 17.0 Å². The zero-order chi connectivity index (χ0) is 20.7. The van der Waals surface area contributed by atoms with Gasteiger partial charge in [0.25, 0.3) is 0 Å². The molecule has 3 fully saturated rings. The summed E-state index contributed by atoms with van der Waals surface area (Å²) in [6.45, 7) is 4.51. The fraction of sp³-hybridized carbons (Fsp3) is 0.333. The highest BCUT2D eigenvalue weighted by atomic mass is 79.9. The Kier molecular flexibility index (Phi) is 6.47. The molecule has 3 heterocycles. The molecule has 0 spiro atoms. The number of quaternary nitrogens is 1. The molecular weight excluding hydrogens is 514 g/mol. The van der Waals surface area contributed by atoms with Crippen molar-refractivity contribution in [2.24, 2.45) is 5.41 Å². The molecule has 4 heteroatoms. The topological polar surface area (TPSA) is 20.2 Å². The van der Waals surface area contributed by atoms with Crippen LogP contribution in [0.4, 0.5) is 0 Å². The van der Waals surface area contributed by atoms with Crippen LogP contribution in [0.15, 0.2) is 89.4 Å². The van der Waals surface area contributed by atoms with Gasteiger partial charge < -0.3 is 26.6 Å². The predicted molar refractivity (Wildman–Crippen MR) is 125 cm³/mol. The lowest BCUT2D eigenvalue weighted by Gasteiger charge is -2.60. The van der Waals surface area contributed by atoms with Crippen LogP contribution in [0.3, 0.4) is 0 Å². The van der Waals surface area contributed by atoms with Gasteiger partial charge >= 0.3 is 0 Å². The Balaban J connectivity index is 0.00000231. The minimum absolute atomic E-state index is 0. The van der Waals surface area contributed by atoms with E-state index < -0.39 is 5.60 Å². The van der Waals surface area contributed by atoms with Gasteiger partial charge in [-0.3, -0.25) is 0 Å². The summed E-state index contributed by atoms with van der Waals surface area (Å²) < 4.78 is 2.29. The van der Waals surface area contributed by atoms with E-state index in [0.717, 1.165) is 65.5 Å². The Morgan fingerprint density at radius 2 is 1.19 bits per heavy atom. The first-order valence-electron chi connectivity index (χ1n) is 11.0. The first-order chi connectivity index (χ1) is 14.6. The molecule has 0 atom stereocenters. The molecule has 3 aliphatic heterocycles. The molecule has 0 aromatic heterocycles. The van der Waals surface area contributed by atoms with Crippen LogP contribution in [0.25, 0.3) is 0 Å². The second-order valence-corrected chi connectivity index (χ2v) is 10.2. The second-order valence-electron chi connectivity index (χ2n) is 9.27. The van der Waals surface area contributed by atoms with E-state index in [4.69, 9.17) is 0 Å². The predicted octanol–water partition coefficient (Wildman–Crippen LogP) is 2.89. The van der Waals surface area contributed by atoms with Crippen LogP contribution in [-0.4, -0.2) is 29.2 Å². The van der Waals surface area contributed by atoms with E-state index >= 15 is 0 Å². The van der Waals surface area contributed by atoms with Gasteiger partial charge in [0.1, 0.15) is 12.1 Å². The van der Waals surface area contributed by atoms with E-state index in [1.165, 1.54) is 5.56 Å². The van der Waals surface area contributed by atoms with Gasteiger partial charge in [0.2, 0.25) is 0 Å². The fourth-order valence-electron chi connectivity index (χ4n) is 5.96. The molecular formula is C27H29Br2NO. The summed E-state index contributed by atoms with van der Waals surface area (Å²) in [7, 11) is 0. The van der Waals surface area contributed by atoms with Crippen molar-refractivity contribution in [2.75, 3.05) is 19.6 Å². The maximum atomic E-state index is 12.4. The lowest BCUT2D eigenvalue weighted by Crippen LogP contribution is -3.00.